The minimum Gasteiger partial charge on any atom is -0.368 e. The lowest BCUT2D eigenvalue weighted by atomic mass is 10.2. The molecule has 2 aromatic rings. The van der Waals surface area contributed by atoms with E-state index in [9.17, 15) is 0 Å². The van der Waals surface area contributed by atoms with Crippen LogP contribution in [0, 0.1) is 0 Å². The molecule has 0 amide bonds. The van der Waals surface area contributed by atoms with Gasteiger partial charge in [-0.25, -0.2) is 4.98 Å². The summed E-state index contributed by atoms with van der Waals surface area (Å²) >= 11 is 0. The van der Waals surface area contributed by atoms with Crippen LogP contribution >= 0.6 is 0 Å². The minimum atomic E-state index is 0.286. The Morgan fingerprint density at radius 3 is 2.48 bits per heavy atom. The van der Waals surface area contributed by atoms with Crippen LogP contribution in [-0.4, -0.2) is 25.6 Å². The van der Waals surface area contributed by atoms with Crippen LogP contribution in [-0.2, 0) is 7.05 Å². The van der Waals surface area contributed by atoms with Gasteiger partial charge in [0.15, 0.2) is 17.0 Å². The molecule has 6 heteroatoms. The molecule has 0 bridgehead atoms. The first-order chi connectivity index (χ1) is 10.2. The summed E-state index contributed by atoms with van der Waals surface area (Å²) < 4.78 is 1.84. The number of unbranched alkanes of at least 4 members (excludes halogenated alkanes) is 3. The lowest BCUT2D eigenvalue weighted by Crippen LogP contribution is -2.07. The van der Waals surface area contributed by atoms with Gasteiger partial charge in [0.1, 0.15) is 0 Å². The monoisotopic (exact) mass is 290 g/mol. The van der Waals surface area contributed by atoms with Crippen molar-refractivity contribution in [3.8, 4) is 0 Å². The number of aromatic nitrogens is 4. The minimum absolute atomic E-state index is 0.286. The molecule has 0 spiro atoms. The van der Waals surface area contributed by atoms with E-state index in [4.69, 9.17) is 5.73 Å². The summed E-state index contributed by atoms with van der Waals surface area (Å²) in [6.45, 7) is 4.46. The maximum atomic E-state index is 5.65. The molecule has 0 unspecified atom stereocenters. The summed E-state index contributed by atoms with van der Waals surface area (Å²) in [5, 5.41) is 3.31. The van der Waals surface area contributed by atoms with E-state index in [2.05, 4.69) is 34.1 Å². The molecule has 0 aliphatic heterocycles. The summed E-state index contributed by atoms with van der Waals surface area (Å²) in [5.74, 6) is 1.04. The lowest BCUT2D eigenvalue weighted by Gasteiger charge is -2.04. The van der Waals surface area contributed by atoms with Gasteiger partial charge in [-0.1, -0.05) is 39.5 Å². The smallest absolute Gasteiger partial charge is 0.224 e. The summed E-state index contributed by atoms with van der Waals surface area (Å²) in [4.78, 5) is 12.6. The van der Waals surface area contributed by atoms with E-state index in [0.717, 1.165) is 17.0 Å². The molecule has 21 heavy (non-hydrogen) atoms. The van der Waals surface area contributed by atoms with Gasteiger partial charge in [0, 0.05) is 13.1 Å². The standard InChI is InChI=1S/C9H12N6.C6H14/c1-15-4-11-6-7(12-5-2-3-5)13-9(10)14-8(6)15;1-3-5-6-4-2/h4-5H,2-3H2,1H3,(H3,10,12,13,14);3-6H2,1-2H3. The zero-order valence-electron chi connectivity index (χ0n) is 13.3. The fourth-order valence-corrected chi connectivity index (χ4v) is 2.05. The second-order valence-corrected chi connectivity index (χ2v) is 5.58. The van der Waals surface area contributed by atoms with Crippen molar-refractivity contribution in [2.45, 2.75) is 58.4 Å². The highest BCUT2D eigenvalue weighted by molar-refractivity contribution is 5.84. The van der Waals surface area contributed by atoms with E-state index in [-0.39, 0.29) is 5.95 Å². The maximum Gasteiger partial charge on any atom is 0.224 e. The van der Waals surface area contributed by atoms with Gasteiger partial charge in [0.2, 0.25) is 5.95 Å². The van der Waals surface area contributed by atoms with Crippen LogP contribution < -0.4 is 11.1 Å². The second kappa shape index (κ2) is 7.24. The van der Waals surface area contributed by atoms with E-state index in [1.807, 2.05) is 11.6 Å². The molecule has 2 aromatic heterocycles. The summed E-state index contributed by atoms with van der Waals surface area (Å²) in [6, 6.07) is 0.532. The summed E-state index contributed by atoms with van der Waals surface area (Å²) in [6.07, 6.45) is 9.64. The number of nitrogen functional groups attached to an aromatic ring is 1. The van der Waals surface area contributed by atoms with Gasteiger partial charge < -0.3 is 15.6 Å². The molecule has 1 aliphatic carbocycles. The second-order valence-electron chi connectivity index (χ2n) is 5.58. The number of imidazole rings is 1. The molecule has 0 saturated heterocycles. The van der Waals surface area contributed by atoms with Gasteiger partial charge in [-0.3, -0.25) is 0 Å². The van der Waals surface area contributed by atoms with E-state index in [1.165, 1.54) is 38.5 Å². The molecule has 1 aliphatic rings. The van der Waals surface area contributed by atoms with Gasteiger partial charge in [-0.05, 0) is 12.8 Å². The Hall–Kier alpha value is -1.85. The normalized spacial score (nSPS) is 13.9. The van der Waals surface area contributed by atoms with E-state index in [0.29, 0.717) is 6.04 Å². The number of nitrogens with zero attached hydrogens (tertiary/aromatic N) is 4. The predicted molar refractivity (Wildman–Crippen MR) is 87.2 cm³/mol. The molecule has 1 saturated carbocycles. The molecule has 6 nitrogen and oxygen atoms in total. The van der Waals surface area contributed by atoms with Crippen LogP contribution in [0.4, 0.5) is 11.8 Å². The highest BCUT2D eigenvalue weighted by Gasteiger charge is 2.23. The first-order valence-electron chi connectivity index (χ1n) is 7.86. The van der Waals surface area contributed by atoms with E-state index >= 15 is 0 Å². The zero-order valence-corrected chi connectivity index (χ0v) is 13.3. The average Bonchev–Trinajstić information content (AvgIpc) is 3.20. The fraction of sp³-hybridized carbons (Fsp3) is 0.667. The topological polar surface area (TPSA) is 81.7 Å². The molecular weight excluding hydrogens is 264 g/mol. The molecule has 116 valence electrons. The summed E-state index contributed by atoms with van der Waals surface area (Å²) in [7, 11) is 1.89. The molecule has 0 radical (unpaired) electrons. The molecule has 3 N–H and O–H groups in total. The van der Waals surface area contributed by atoms with Crippen LogP contribution in [0.2, 0.25) is 0 Å². The third-order valence-corrected chi connectivity index (χ3v) is 3.45. The molecule has 0 aromatic carbocycles. The maximum absolute atomic E-state index is 5.65. The van der Waals surface area contributed by atoms with Crippen LogP contribution in [0.3, 0.4) is 0 Å². The largest absolute Gasteiger partial charge is 0.368 e. The molecule has 0 atom stereocenters. The van der Waals surface area contributed by atoms with Crippen molar-refractivity contribution >= 4 is 22.9 Å². The number of hydrogen-bond acceptors (Lipinski definition) is 5. The first-order valence-corrected chi connectivity index (χ1v) is 7.86. The van der Waals surface area contributed by atoms with Crippen molar-refractivity contribution in [1.82, 2.24) is 19.5 Å². The number of anilines is 2. The molecule has 1 fully saturated rings. The summed E-state index contributed by atoms with van der Waals surface area (Å²) in [5.41, 5.74) is 7.21. The van der Waals surface area contributed by atoms with E-state index in [1.54, 1.807) is 6.33 Å². The lowest BCUT2D eigenvalue weighted by molar-refractivity contribution is 0.702. The SMILES string of the molecule is CCCCCC.Cn1cnc2c(NC3CC3)nc(N)nc21. The molecule has 3 rings (SSSR count). The van der Waals surface area contributed by atoms with Crippen LogP contribution in [0.5, 0.6) is 0 Å². The van der Waals surface area contributed by atoms with Crippen LogP contribution in [0.1, 0.15) is 52.4 Å². The average molecular weight is 290 g/mol. The number of aryl methyl sites for hydroxylation is 1. The number of rotatable bonds is 5. The first kappa shape index (κ1) is 15.5. The number of nitrogens with one attached hydrogen (secondary N) is 1. The third-order valence-electron chi connectivity index (χ3n) is 3.45. The third kappa shape index (κ3) is 4.31. The zero-order chi connectivity index (χ0) is 15.2. The Balaban J connectivity index is 0.000000232. The van der Waals surface area contributed by atoms with Crippen molar-refractivity contribution in [2.24, 2.45) is 7.05 Å². The van der Waals surface area contributed by atoms with Gasteiger partial charge >= 0.3 is 0 Å². The van der Waals surface area contributed by atoms with Gasteiger partial charge in [-0.2, -0.15) is 9.97 Å². The fourth-order valence-electron chi connectivity index (χ4n) is 2.05. The highest BCUT2D eigenvalue weighted by atomic mass is 15.2. The van der Waals surface area contributed by atoms with Crippen molar-refractivity contribution in [1.29, 1.82) is 0 Å². The van der Waals surface area contributed by atoms with Crippen molar-refractivity contribution < 1.29 is 0 Å². The Bertz CT molecular complexity index is 569. The van der Waals surface area contributed by atoms with Gasteiger partial charge in [0.25, 0.3) is 0 Å². The van der Waals surface area contributed by atoms with Crippen LogP contribution in [0.15, 0.2) is 6.33 Å². The van der Waals surface area contributed by atoms with Crippen molar-refractivity contribution in [2.75, 3.05) is 11.1 Å². The number of hydrogen-bond donors (Lipinski definition) is 2. The number of nitrogens with two attached hydrogens (primary N) is 1. The Morgan fingerprint density at radius 2 is 1.90 bits per heavy atom. The Morgan fingerprint density at radius 1 is 1.24 bits per heavy atom. The van der Waals surface area contributed by atoms with Gasteiger partial charge in [-0.15, -0.1) is 0 Å². The Labute approximate surface area is 126 Å². The number of fused-ring (bicyclic) bond motifs is 1. The van der Waals surface area contributed by atoms with Gasteiger partial charge in [0.05, 0.1) is 6.33 Å². The highest BCUT2D eigenvalue weighted by Crippen LogP contribution is 2.27. The molecule has 2 heterocycles. The quantitative estimate of drug-likeness (QED) is 0.827. The van der Waals surface area contributed by atoms with Crippen molar-refractivity contribution in [3.63, 3.8) is 0 Å². The Kier molecular flexibility index (Phi) is 5.36. The molecular formula is C15H26N6. The predicted octanol–water partition coefficient (Wildman–Crippen LogP) is 3.11. The van der Waals surface area contributed by atoms with E-state index < -0.39 is 0 Å². The van der Waals surface area contributed by atoms with Crippen LogP contribution in [0.25, 0.3) is 11.2 Å². The van der Waals surface area contributed by atoms with Crippen molar-refractivity contribution in [3.05, 3.63) is 6.33 Å².